The van der Waals surface area contributed by atoms with Crippen LogP contribution in [0.15, 0.2) is 18.6 Å². The number of hydrogen-bond donors (Lipinski definition) is 4. The lowest BCUT2D eigenvalue weighted by Crippen LogP contribution is -2.29. The van der Waals surface area contributed by atoms with Crippen LogP contribution in [0.2, 0.25) is 0 Å². The van der Waals surface area contributed by atoms with Crippen LogP contribution in [0.4, 0.5) is 17.5 Å². The Labute approximate surface area is 144 Å². The molecule has 0 atom stereocenters. The second kappa shape index (κ2) is 7.88. The quantitative estimate of drug-likeness (QED) is 0.437. The molecule has 2 heterocycles. The molecule has 2 aromatic heterocycles. The summed E-state index contributed by atoms with van der Waals surface area (Å²) in [6.07, 6.45) is 8.62. The Balaban J connectivity index is 1.64. The van der Waals surface area contributed by atoms with E-state index in [0.717, 1.165) is 31.5 Å². The van der Waals surface area contributed by atoms with Crippen LogP contribution in [0.25, 0.3) is 0 Å². The predicted molar refractivity (Wildman–Crippen MR) is 93.0 cm³/mol. The normalized spacial score (nSPS) is 20.2. The molecular formula is C15H22N8O2. The zero-order valence-electron chi connectivity index (χ0n) is 13.8. The number of anilines is 2. The van der Waals surface area contributed by atoms with Gasteiger partial charge in [-0.1, -0.05) is 0 Å². The molecule has 0 unspecified atom stereocenters. The molecule has 0 saturated heterocycles. The third-order valence-corrected chi connectivity index (χ3v) is 4.38. The number of hydrogen-bond acceptors (Lipinski definition) is 8. The molecule has 0 bridgehead atoms. The van der Waals surface area contributed by atoms with Gasteiger partial charge in [0.25, 0.3) is 0 Å². The van der Waals surface area contributed by atoms with Crippen molar-refractivity contribution in [3.05, 3.63) is 34.5 Å². The minimum atomic E-state index is -0.477. The minimum Gasteiger partial charge on any atom is -0.364 e. The van der Waals surface area contributed by atoms with E-state index in [4.69, 9.17) is 5.73 Å². The third kappa shape index (κ3) is 4.63. The highest BCUT2D eigenvalue weighted by atomic mass is 16.6. The lowest BCUT2D eigenvalue weighted by atomic mass is 9.86. The Morgan fingerprint density at radius 3 is 2.76 bits per heavy atom. The van der Waals surface area contributed by atoms with Crippen molar-refractivity contribution in [2.24, 2.45) is 11.7 Å². The summed E-state index contributed by atoms with van der Waals surface area (Å²) in [7, 11) is 0. The smallest absolute Gasteiger partial charge is 0.329 e. The highest BCUT2D eigenvalue weighted by Gasteiger charge is 2.21. The molecule has 2 aromatic rings. The molecule has 0 aromatic carbocycles. The van der Waals surface area contributed by atoms with Gasteiger partial charge < -0.3 is 21.4 Å². The van der Waals surface area contributed by atoms with Gasteiger partial charge in [0.2, 0.25) is 11.8 Å². The number of H-pyrrole nitrogens is 1. The van der Waals surface area contributed by atoms with E-state index in [1.165, 1.54) is 6.20 Å². The Morgan fingerprint density at radius 1 is 1.28 bits per heavy atom. The van der Waals surface area contributed by atoms with Crippen molar-refractivity contribution in [2.45, 2.75) is 38.3 Å². The fourth-order valence-corrected chi connectivity index (χ4v) is 2.92. The summed E-state index contributed by atoms with van der Waals surface area (Å²) in [6.45, 7) is 1.05. The maximum absolute atomic E-state index is 11.2. The number of rotatable bonds is 7. The van der Waals surface area contributed by atoms with E-state index in [1.807, 2.05) is 0 Å². The van der Waals surface area contributed by atoms with Gasteiger partial charge in [-0.05, 0) is 31.6 Å². The van der Waals surface area contributed by atoms with Crippen LogP contribution in [0.5, 0.6) is 0 Å². The van der Waals surface area contributed by atoms with Crippen LogP contribution in [0.1, 0.15) is 31.5 Å². The van der Waals surface area contributed by atoms with E-state index in [1.54, 1.807) is 12.4 Å². The van der Waals surface area contributed by atoms with Gasteiger partial charge in [0, 0.05) is 25.0 Å². The highest BCUT2D eigenvalue weighted by Crippen LogP contribution is 2.26. The minimum absolute atomic E-state index is 0.129. The van der Waals surface area contributed by atoms with Crippen molar-refractivity contribution >= 4 is 17.5 Å². The Morgan fingerprint density at radius 2 is 2.08 bits per heavy atom. The molecule has 1 aliphatic rings. The van der Waals surface area contributed by atoms with Crippen LogP contribution in [0, 0.1) is 16.0 Å². The number of imidazole rings is 1. The Hall–Kier alpha value is -2.75. The first-order valence-electron chi connectivity index (χ1n) is 8.35. The summed E-state index contributed by atoms with van der Waals surface area (Å²) in [5, 5.41) is 17.3. The summed E-state index contributed by atoms with van der Waals surface area (Å²) >= 11 is 0. The average Bonchev–Trinajstić information content (AvgIpc) is 3.13. The largest absolute Gasteiger partial charge is 0.364 e. The summed E-state index contributed by atoms with van der Waals surface area (Å²) in [6, 6.07) is 0.280. The molecule has 0 radical (unpaired) electrons. The van der Waals surface area contributed by atoms with E-state index in [2.05, 4.69) is 30.6 Å². The SMILES string of the molecule is NC1CCC(CNc2nc(NCc3ncc[nH]3)ncc2[N+](=O)[O-])CC1. The standard InChI is InChI=1S/C15H22N8O2/c16-11-3-1-10(2-4-11)7-19-14-12(23(24)25)8-20-15(22-14)21-9-13-17-5-6-18-13/h5-6,8,10-11H,1-4,7,9,16H2,(H,17,18)(H2,19,20,21,22). The van der Waals surface area contributed by atoms with Crippen molar-refractivity contribution in [3.8, 4) is 0 Å². The lowest BCUT2D eigenvalue weighted by Gasteiger charge is -2.26. The number of nitrogens with one attached hydrogen (secondary N) is 3. The predicted octanol–water partition coefficient (Wildman–Crippen LogP) is 1.65. The van der Waals surface area contributed by atoms with Gasteiger partial charge in [-0.25, -0.2) is 9.97 Å². The van der Waals surface area contributed by atoms with Gasteiger partial charge in [-0.15, -0.1) is 0 Å². The van der Waals surface area contributed by atoms with Crippen molar-refractivity contribution < 1.29 is 4.92 Å². The molecular weight excluding hydrogens is 324 g/mol. The number of nitrogens with two attached hydrogens (primary N) is 1. The van der Waals surface area contributed by atoms with Crippen molar-refractivity contribution in [1.29, 1.82) is 0 Å². The Kier molecular flexibility index (Phi) is 5.39. The van der Waals surface area contributed by atoms with E-state index >= 15 is 0 Å². The topological polar surface area (TPSA) is 148 Å². The molecule has 25 heavy (non-hydrogen) atoms. The lowest BCUT2D eigenvalue weighted by molar-refractivity contribution is -0.384. The molecule has 0 spiro atoms. The maximum Gasteiger partial charge on any atom is 0.329 e. The average molecular weight is 346 g/mol. The van der Waals surface area contributed by atoms with Gasteiger partial charge in [0.05, 0.1) is 11.5 Å². The first kappa shape index (κ1) is 17.1. The van der Waals surface area contributed by atoms with Gasteiger partial charge >= 0.3 is 5.69 Å². The van der Waals surface area contributed by atoms with Crippen LogP contribution in [-0.2, 0) is 6.54 Å². The zero-order chi connectivity index (χ0) is 17.6. The fraction of sp³-hybridized carbons (Fsp3) is 0.533. The summed E-state index contributed by atoms with van der Waals surface area (Å²) < 4.78 is 0. The van der Waals surface area contributed by atoms with Gasteiger partial charge in [0.15, 0.2) is 0 Å². The highest BCUT2D eigenvalue weighted by molar-refractivity contribution is 5.56. The molecule has 0 aliphatic heterocycles. The summed E-state index contributed by atoms with van der Waals surface area (Å²) in [4.78, 5) is 26.0. The molecule has 10 heteroatoms. The molecule has 134 valence electrons. The molecule has 1 aliphatic carbocycles. The monoisotopic (exact) mass is 346 g/mol. The number of aromatic amines is 1. The van der Waals surface area contributed by atoms with E-state index in [0.29, 0.717) is 25.0 Å². The molecule has 3 rings (SSSR count). The second-order valence-corrected chi connectivity index (χ2v) is 6.24. The molecule has 1 fully saturated rings. The summed E-state index contributed by atoms with van der Waals surface area (Å²) in [5.74, 6) is 1.73. The zero-order valence-corrected chi connectivity index (χ0v) is 13.8. The van der Waals surface area contributed by atoms with E-state index < -0.39 is 4.92 Å². The first-order valence-corrected chi connectivity index (χ1v) is 8.35. The first-order chi connectivity index (χ1) is 12.1. The van der Waals surface area contributed by atoms with Gasteiger partial charge in [0.1, 0.15) is 12.0 Å². The fourth-order valence-electron chi connectivity index (χ4n) is 2.92. The maximum atomic E-state index is 11.2. The molecule has 5 N–H and O–H groups in total. The van der Waals surface area contributed by atoms with Crippen molar-refractivity contribution in [1.82, 2.24) is 19.9 Å². The van der Waals surface area contributed by atoms with Crippen molar-refractivity contribution in [2.75, 3.05) is 17.2 Å². The molecule has 0 amide bonds. The summed E-state index contributed by atoms with van der Waals surface area (Å²) in [5.41, 5.74) is 5.79. The van der Waals surface area contributed by atoms with Crippen LogP contribution in [0.3, 0.4) is 0 Å². The van der Waals surface area contributed by atoms with E-state index in [-0.39, 0.29) is 17.5 Å². The van der Waals surface area contributed by atoms with Crippen LogP contribution >= 0.6 is 0 Å². The van der Waals surface area contributed by atoms with E-state index in [9.17, 15) is 10.1 Å². The number of nitrogens with zero attached hydrogens (tertiary/aromatic N) is 4. The number of aromatic nitrogens is 4. The van der Waals surface area contributed by atoms with Crippen molar-refractivity contribution in [3.63, 3.8) is 0 Å². The van der Waals surface area contributed by atoms with Gasteiger partial charge in [-0.3, -0.25) is 10.1 Å². The third-order valence-electron chi connectivity index (χ3n) is 4.38. The Bertz CT molecular complexity index is 698. The van der Waals surface area contributed by atoms with Crippen LogP contribution < -0.4 is 16.4 Å². The second-order valence-electron chi connectivity index (χ2n) is 6.24. The van der Waals surface area contributed by atoms with Crippen LogP contribution in [-0.4, -0.2) is 37.4 Å². The number of nitro groups is 1. The molecule has 1 saturated carbocycles. The van der Waals surface area contributed by atoms with Gasteiger partial charge in [-0.2, -0.15) is 4.98 Å². The molecule has 10 nitrogen and oxygen atoms in total.